The maximum absolute atomic E-state index is 11.8. The van der Waals surface area contributed by atoms with Crippen LogP contribution < -0.4 is 10.6 Å². The first kappa shape index (κ1) is 11.8. The number of amides is 1. The van der Waals surface area contributed by atoms with Crippen molar-refractivity contribution in [3.8, 4) is 0 Å². The molecule has 0 radical (unpaired) electrons. The van der Waals surface area contributed by atoms with E-state index in [-0.39, 0.29) is 11.9 Å². The maximum atomic E-state index is 11.8. The molecule has 0 aromatic carbocycles. The molecule has 2 saturated heterocycles. The van der Waals surface area contributed by atoms with Gasteiger partial charge in [-0.05, 0) is 18.9 Å². The Kier molecular flexibility index (Phi) is 4.15. The van der Waals surface area contributed by atoms with Crippen LogP contribution in [0.1, 0.15) is 13.3 Å². The Morgan fingerprint density at radius 2 is 2.25 bits per heavy atom. The second-order valence-corrected chi connectivity index (χ2v) is 4.64. The molecule has 0 bridgehead atoms. The summed E-state index contributed by atoms with van der Waals surface area (Å²) in [5, 5.41) is 6.32. The number of rotatable bonds is 2. The van der Waals surface area contributed by atoms with Gasteiger partial charge in [0, 0.05) is 12.6 Å². The van der Waals surface area contributed by atoms with Crippen LogP contribution in [0.5, 0.6) is 0 Å². The highest BCUT2D eigenvalue weighted by atomic mass is 16.6. The Bertz CT molecular complexity index is 241. The van der Waals surface area contributed by atoms with Crippen molar-refractivity contribution >= 4 is 5.91 Å². The molecule has 0 aromatic rings. The standard InChI is InChI=1S/C11H20N2O3/c1-8-4-9(6-12-5-8)13-11(14)10-7-15-2-3-16-10/h8-10,12H,2-7H2,1H3,(H,13,14). The van der Waals surface area contributed by atoms with Gasteiger partial charge in [-0.1, -0.05) is 6.92 Å². The van der Waals surface area contributed by atoms with Crippen molar-refractivity contribution in [1.29, 1.82) is 0 Å². The van der Waals surface area contributed by atoms with E-state index in [2.05, 4.69) is 17.6 Å². The number of carbonyl (C=O) groups excluding carboxylic acids is 1. The van der Waals surface area contributed by atoms with Crippen LogP contribution >= 0.6 is 0 Å². The fourth-order valence-electron chi connectivity index (χ4n) is 2.20. The Morgan fingerprint density at radius 3 is 2.94 bits per heavy atom. The second-order valence-electron chi connectivity index (χ2n) is 4.64. The zero-order valence-electron chi connectivity index (χ0n) is 9.70. The topological polar surface area (TPSA) is 59.6 Å². The van der Waals surface area contributed by atoms with Crippen molar-refractivity contribution in [3.05, 3.63) is 0 Å². The number of hydrogen-bond donors (Lipinski definition) is 2. The molecule has 2 N–H and O–H groups in total. The molecule has 0 spiro atoms. The summed E-state index contributed by atoms with van der Waals surface area (Å²) < 4.78 is 10.6. The molecule has 3 unspecified atom stereocenters. The molecule has 5 nitrogen and oxygen atoms in total. The molecule has 3 atom stereocenters. The molecule has 2 rings (SSSR count). The largest absolute Gasteiger partial charge is 0.376 e. The van der Waals surface area contributed by atoms with E-state index >= 15 is 0 Å². The van der Waals surface area contributed by atoms with Gasteiger partial charge in [-0.3, -0.25) is 4.79 Å². The van der Waals surface area contributed by atoms with Crippen molar-refractivity contribution in [3.63, 3.8) is 0 Å². The highest BCUT2D eigenvalue weighted by Gasteiger charge is 2.26. The van der Waals surface area contributed by atoms with E-state index in [0.717, 1.165) is 19.5 Å². The van der Waals surface area contributed by atoms with Crippen LogP contribution in [-0.2, 0) is 14.3 Å². The lowest BCUT2D eigenvalue weighted by molar-refractivity contribution is -0.148. The van der Waals surface area contributed by atoms with Gasteiger partial charge in [-0.15, -0.1) is 0 Å². The number of nitrogens with one attached hydrogen (secondary N) is 2. The average molecular weight is 228 g/mol. The lowest BCUT2D eigenvalue weighted by Crippen LogP contribution is -2.52. The minimum Gasteiger partial charge on any atom is -0.376 e. The summed E-state index contributed by atoms with van der Waals surface area (Å²) in [5.74, 6) is 0.572. The molecule has 2 aliphatic rings. The normalized spacial score (nSPS) is 35.7. The first-order valence-corrected chi connectivity index (χ1v) is 5.96. The quantitative estimate of drug-likeness (QED) is 0.670. The minimum atomic E-state index is -0.425. The molecule has 0 aliphatic carbocycles. The van der Waals surface area contributed by atoms with Crippen LogP contribution in [0.4, 0.5) is 0 Å². The third-order valence-electron chi connectivity index (χ3n) is 3.03. The SMILES string of the molecule is CC1CNCC(NC(=O)C2COCCO2)C1. The summed E-state index contributed by atoms with van der Waals surface area (Å²) in [5.41, 5.74) is 0. The van der Waals surface area contributed by atoms with Crippen molar-refractivity contribution < 1.29 is 14.3 Å². The number of ether oxygens (including phenoxy) is 2. The van der Waals surface area contributed by atoms with Crippen molar-refractivity contribution in [1.82, 2.24) is 10.6 Å². The molecular formula is C11H20N2O3. The molecule has 0 saturated carbocycles. The van der Waals surface area contributed by atoms with E-state index in [1.807, 2.05) is 0 Å². The number of carbonyl (C=O) groups is 1. The van der Waals surface area contributed by atoms with Gasteiger partial charge < -0.3 is 20.1 Å². The molecule has 5 heteroatoms. The van der Waals surface area contributed by atoms with Crippen LogP contribution in [0.25, 0.3) is 0 Å². The summed E-state index contributed by atoms with van der Waals surface area (Å²) in [6.45, 7) is 5.55. The molecule has 0 aromatic heterocycles. The van der Waals surface area contributed by atoms with Crippen LogP contribution in [0, 0.1) is 5.92 Å². The average Bonchev–Trinajstić information content (AvgIpc) is 2.30. The van der Waals surface area contributed by atoms with E-state index in [4.69, 9.17) is 9.47 Å². The fourth-order valence-corrected chi connectivity index (χ4v) is 2.20. The van der Waals surface area contributed by atoms with Crippen LogP contribution in [0.2, 0.25) is 0 Å². The summed E-state index contributed by atoms with van der Waals surface area (Å²) >= 11 is 0. The second kappa shape index (κ2) is 5.61. The Balaban J connectivity index is 1.77. The van der Waals surface area contributed by atoms with Gasteiger partial charge >= 0.3 is 0 Å². The Labute approximate surface area is 95.9 Å². The summed E-state index contributed by atoms with van der Waals surface area (Å²) in [6, 6.07) is 0.224. The van der Waals surface area contributed by atoms with E-state index < -0.39 is 6.10 Å². The molecule has 16 heavy (non-hydrogen) atoms. The molecule has 92 valence electrons. The third kappa shape index (κ3) is 3.17. The smallest absolute Gasteiger partial charge is 0.251 e. The van der Waals surface area contributed by atoms with Crippen LogP contribution in [0.3, 0.4) is 0 Å². The minimum absolute atomic E-state index is 0.0411. The van der Waals surface area contributed by atoms with E-state index in [1.165, 1.54) is 0 Å². The van der Waals surface area contributed by atoms with E-state index in [0.29, 0.717) is 25.7 Å². The summed E-state index contributed by atoms with van der Waals surface area (Å²) in [7, 11) is 0. The fraction of sp³-hybridized carbons (Fsp3) is 0.909. The van der Waals surface area contributed by atoms with Gasteiger partial charge in [0.15, 0.2) is 6.10 Å². The Morgan fingerprint density at radius 1 is 1.38 bits per heavy atom. The predicted octanol–water partition coefficient (Wildman–Crippen LogP) is -0.484. The molecule has 1 amide bonds. The molecule has 2 heterocycles. The van der Waals surface area contributed by atoms with E-state index in [9.17, 15) is 4.79 Å². The lowest BCUT2D eigenvalue weighted by atomic mass is 9.97. The van der Waals surface area contributed by atoms with Gasteiger partial charge in [0.1, 0.15) is 0 Å². The van der Waals surface area contributed by atoms with Gasteiger partial charge in [-0.2, -0.15) is 0 Å². The monoisotopic (exact) mass is 228 g/mol. The first-order valence-electron chi connectivity index (χ1n) is 5.96. The first-order chi connectivity index (χ1) is 7.75. The van der Waals surface area contributed by atoms with Gasteiger partial charge in [-0.25, -0.2) is 0 Å². The zero-order chi connectivity index (χ0) is 11.4. The van der Waals surface area contributed by atoms with Crippen molar-refractivity contribution in [2.24, 2.45) is 5.92 Å². The molecule has 2 fully saturated rings. The Hall–Kier alpha value is -0.650. The number of piperidine rings is 1. The lowest BCUT2D eigenvalue weighted by Gasteiger charge is -2.30. The third-order valence-corrected chi connectivity index (χ3v) is 3.03. The van der Waals surface area contributed by atoms with Crippen LogP contribution in [0.15, 0.2) is 0 Å². The highest BCUT2D eigenvalue weighted by Crippen LogP contribution is 2.10. The predicted molar refractivity (Wildman–Crippen MR) is 59.1 cm³/mol. The molecule has 2 aliphatic heterocycles. The number of hydrogen-bond acceptors (Lipinski definition) is 4. The summed E-state index contributed by atoms with van der Waals surface area (Å²) in [6.07, 6.45) is 0.609. The highest BCUT2D eigenvalue weighted by molar-refractivity contribution is 5.81. The van der Waals surface area contributed by atoms with Crippen molar-refractivity contribution in [2.75, 3.05) is 32.9 Å². The molecular weight excluding hydrogens is 208 g/mol. The van der Waals surface area contributed by atoms with E-state index in [1.54, 1.807) is 0 Å². The summed E-state index contributed by atoms with van der Waals surface area (Å²) in [4.78, 5) is 11.8. The van der Waals surface area contributed by atoms with Crippen molar-refractivity contribution in [2.45, 2.75) is 25.5 Å². The zero-order valence-corrected chi connectivity index (χ0v) is 9.70. The maximum Gasteiger partial charge on any atom is 0.251 e. The van der Waals surface area contributed by atoms with Gasteiger partial charge in [0.25, 0.3) is 5.91 Å². The van der Waals surface area contributed by atoms with Gasteiger partial charge in [0.05, 0.1) is 19.8 Å². The van der Waals surface area contributed by atoms with Crippen LogP contribution in [-0.4, -0.2) is 51.0 Å². The van der Waals surface area contributed by atoms with Gasteiger partial charge in [0.2, 0.25) is 0 Å².